The largest absolute Gasteiger partial charge is 0.310 e. The van der Waals surface area contributed by atoms with Crippen molar-refractivity contribution < 1.29 is 0 Å². The summed E-state index contributed by atoms with van der Waals surface area (Å²) in [7, 11) is 0. The molecule has 2 rings (SSSR count). The first-order valence-electron chi connectivity index (χ1n) is 4.76. The second-order valence-corrected chi connectivity index (χ2v) is 3.88. The van der Waals surface area contributed by atoms with Crippen LogP contribution < -0.4 is 5.32 Å². The van der Waals surface area contributed by atoms with E-state index < -0.39 is 0 Å². The lowest BCUT2D eigenvalue weighted by Crippen LogP contribution is -2.44. The normalized spacial score (nSPS) is 36.4. The first kappa shape index (κ1) is 7.35. The highest BCUT2D eigenvalue weighted by atomic mass is 14.9. The predicted molar refractivity (Wildman–Crippen MR) is 47.4 cm³/mol. The Bertz CT molecular complexity index is 149. The van der Waals surface area contributed by atoms with E-state index in [1.54, 1.807) is 0 Å². The zero-order valence-corrected chi connectivity index (χ0v) is 7.05. The van der Waals surface area contributed by atoms with Gasteiger partial charge in [-0.2, -0.15) is 0 Å². The molecule has 0 bridgehead atoms. The van der Waals surface area contributed by atoms with Gasteiger partial charge in [0.05, 0.1) is 0 Å². The van der Waals surface area contributed by atoms with E-state index in [9.17, 15) is 0 Å². The minimum atomic E-state index is 0.834. The minimum absolute atomic E-state index is 0.834. The summed E-state index contributed by atoms with van der Waals surface area (Å²) in [4.78, 5) is 0. The van der Waals surface area contributed by atoms with Gasteiger partial charge in [0.1, 0.15) is 0 Å². The molecule has 0 spiro atoms. The average Bonchev–Trinajstić information content (AvgIpc) is 2.70. The molecule has 0 saturated heterocycles. The Morgan fingerprint density at radius 2 is 2.09 bits per heavy atom. The fourth-order valence-corrected chi connectivity index (χ4v) is 2.10. The van der Waals surface area contributed by atoms with Crippen LogP contribution in [0.5, 0.6) is 0 Å². The quantitative estimate of drug-likeness (QED) is 0.605. The molecule has 11 heavy (non-hydrogen) atoms. The van der Waals surface area contributed by atoms with Crippen LogP contribution in [0.15, 0.2) is 12.7 Å². The molecule has 0 aliphatic heterocycles. The summed E-state index contributed by atoms with van der Waals surface area (Å²) < 4.78 is 0. The molecule has 2 atom stereocenters. The van der Waals surface area contributed by atoms with Gasteiger partial charge in [0.15, 0.2) is 0 Å². The first-order valence-corrected chi connectivity index (χ1v) is 4.76. The molecule has 0 aromatic rings. The summed E-state index contributed by atoms with van der Waals surface area (Å²) in [5, 5.41) is 3.52. The van der Waals surface area contributed by atoms with Crippen LogP contribution in [0.2, 0.25) is 0 Å². The SMILES string of the molecule is C=CCNC1CCC1C1CC1. The third-order valence-electron chi connectivity index (χ3n) is 3.08. The molecule has 0 aromatic heterocycles. The Kier molecular flexibility index (Phi) is 1.99. The van der Waals surface area contributed by atoms with Crippen LogP contribution in [0.3, 0.4) is 0 Å². The van der Waals surface area contributed by atoms with E-state index in [2.05, 4.69) is 11.9 Å². The van der Waals surface area contributed by atoms with E-state index in [1.165, 1.54) is 25.7 Å². The summed E-state index contributed by atoms with van der Waals surface area (Å²) in [6.07, 6.45) is 7.82. The maximum Gasteiger partial charge on any atom is 0.0134 e. The molecular weight excluding hydrogens is 134 g/mol. The number of nitrogens with one attached hydrogen (secondary N) is 1. The topological polar surface area (TPSA) is 12.0 Å². The average molecular weight is 151 g/mol. The molecule has 0 heterocycles. The summed E-state index contributed by atoms with van der Waals surface area (Å²) in [5.74, 6) is 2.11. The van der Waals surface area contributed by atoms with Gasteiger partial charge in [-0.15, -0.1) is 6.58 Å². The van der Waals surface area contributed by atoms with Gasteiger partial charge in [-0.05, 0) is 37.5 Å². The summed E-state index contributed by atoms with van der Waals surface area (Å²) >= 11 is 0. The maximum atomic E-state index is 3.71. The minimum Gasteiger partial charge on any atom is -0.310 e. The van der Waals surface area contributed by atoms with Gasteiger partial charge in [-0.3, -0.25) is 0 Å². The Morgan fingerprint density at radius 1 is 1.27 bits per heavy atom. The van der Waals surface area contributed by atoms with Crippen molar-refractivity contribution in [3.05, 3.63) is 12.7 Å². The Morgan fingerprint density at radius 3 is 2.55 bits per heavy atom. The van der Waals surface area contributed by atoms with Crippen molar-refractivity contribution in [3.8, 4) is 0 Å². The molecule has 2 unspecified atom stereocenters. The van der Waals surface area contributed by atoms with Crippen molar-refractivity contribution in [1.82, 2.24) is 5.32 Å². The summed E-state index contributed by atoms with van der Waals surface area (Å²) in [5.41, 5.74) is 0. The molecule has 0 amide bonds. The second kappa shape index (κ2) is 2.98. The predicted octanol–water partition coefficient (Wildman–Crippen LogP) is 1.95. The second-order valence-electron chi connectivity index (χ2n) is 3.88. The molecule has 1 nitrogen and oxygen atoms in total. The van der Waals surface area contributed by atoms with E-state index in [4.69, 9.17) is 0 Å². The number of hydrogen-bond acceptors (Lipinski definition) is 1. The summed E-state index contributed by atoms with van der Waals surface area (Å²) in [6, 6.07) is 0.834. The molecule has 0 aromatic carbocycles. The van der Waals surface area contributed by atoms with Crippen molar-refractivity contribution in [2.24, 2.45) is 11.8 Å². The Labute approximate surface area is 68.9 Å². The van der Waals surface area contributed by atoms with Crippen LogP contribution >= 0.6 is 0 Å². The lowest BCUT2D eigenvalue weighted by molar-refractivity contribution is 0.188. The van der Waals surface area contributed by atoms with Gasteiger partial charge in [0, 0.05) is 12.6 Å². The third-order valence-corrected chi connectivity index (χ3v) is 3.08. The van der Waals surface area contributed by atoms with Crippen molar-refractivity contribution in [3.63, 3.8) is 0 Å². The van der Waals surface area contributed by atoms with Crippen molar-refractivity contribution in [2.45, 2.75) is 31.7 Å². The molecule has 2 saturated carbocycles. The molecular formula is C10H17N. The molecule has 62 valence electrons. The van der Waals surface area contributed by atoms with Crippen molar-refractivity contribution >= 4 is 0 Å². The maximum absolute atomic E-state index is 3.71. The monoisotopic (exact) mass is 151 g/mol. The Balaban J connectivity index is 1.71. The fraction of sp³-hybridized carbons (Fsp3) is 0.800. The molecule has 2 aliphatic carbocycles. The van der Waals surface area contributed by atoms with Crippen LogP contribution in [0.25, 0.3) is 0 Å². The standard InChI is InChI=1S/C10H17N/c1-2-7-11-10-6-5-9(10)8-3-4-8/h2,8-11H,1,3-7H2. The molecule has 2 aliphatic rings. The van der Waals surface area contributed by atoms with Gasteiger partial charge in [-0.25, -0.2) is 0 Å². The van der Waals surface area contributed by atoms with Gasteiger partial charge in [0.2, 0.25) is 0 Å². The highest BCUT2D eigenvalue weighted by molar-refractivity contribution is 4.96. The summed E-state index contributed by atoms with van der Waals surface area (Å²) in [6.45, 7) is 4.71. The van der Waals surface area contributed by atoms with Crippen molar-refractivity contribution in [1.29, 1.82) is 0 Å². The highest BCUT2D eigenvalue weighted by Gasteiger charge is 2.41. The van der Waals surface area contributed by atoms with Crippen LogP contribution in [0.4, 0.5) is 0 Å². The number of rotatable bonds is 4. The van der Waals surface area contributed by atoms with Gasteiger partial charge in [0.25, 0.3) is 0 Å². The van der Waals surface area contributed by atoms with Gasteiger partial charge in [-0.1, -0.05) is 6.08 Å². The fourth-order valence-electron chi connectivity index (χ4n) is 2.10. The van der Waals surface area contributed by atoms with E-state index >= 15 is 0 Å². The van der Waals surface area contributed by atoms with E-state index in [1.807, 2.05) is 6.08 Å². The smallest absolute Gasteiger partial charge is 0.0134 e. The van der Waals surface area contributed by atoms with Gasteiger partial charge >= 0.3 is 0 Å². The lowest BCUT2D eigenvalue weighted by Gasteiger charge is -2.37. The first-order chi connectivity index (χ1) is 5.42. The van der Waals surface area contributed by atoms with Crippen molar-refractivity contribution in [2.75, 3.05) is 6.54 Å². The third kappa shape index (κ3) is 1.48. The zero-order valence-electron chi connectivity index (χ0n) is 7.05. The van der Waals surface area contributed by atoms with Crippen LogP contribution in [0.1, 0.15) is 25.7 Å². The van der Waals surface area contributed by atoms with Crippen LogP contribution in [-0.2, 0) is 0 Å². The van der Waals surface area contributed by atoms with Gasteiger partial charge < -0.3 is 5.32 Å². The van der Waals surface area contributed by atoms with Crippen LogP contribution in [-0.4, -0.2) is 12.6 Å². The lowest BCUT2D eigenvalue weighted by atomic mass is 9.76. The molecule has 1 N–H and O–H groups in total. The zero-order chi connectivity index (χ0) is 7.68. The Hall–Kier alpha value is -0.300. The van der Waals surface area contributed by atoms with E-state index in [-0.39, 0.29) is 0 Å². The van der Waals surface area contributed by atoms with E-state index in [0.29, 0.717) is 0 Å². The van der Waals surface area contributed by atoms with Crippen LogP contribution in [0, 0.1) is 11.8 Å². The molecule has 2 fully saturated rings. The number of hydrogen-bond donors (Lipinski definition) is 1. The molecule has 1 heteroatoms. The molecule has 0 radical (unpaired) electrons. The highest BCUT2D eigenvalue weighted by Crippen LogP contribution is 2.46. The van der Waals surface area contributed by atoms with E-state index in [0.717, 1.165) is 24.4 Å².